The van der Waals surface area contributed by atoms with Gasteiger partial charge in [0.1, 0.15) is 10.9 Å². The topological polar surface area (TPSA) is 119 Å². The Morgan fingerprint density at radius 3 is 2.41 bits per heavy atom. The average Bonchev–Trinajstić information content (AvgIpc) is 3.30. The number of thioether (sulfide) groups is 2. The summed E-state index contributed by atoms with van der Waals surface area (Å²) in [6.07, 6.45) is 5.38. The number of rotatable bonds is 15. The number of amides is 2. The van der Waals surface area contributed by atoms with Crippen molar-refractivity contribution in [1.29, 1.82) is 0 Å². The number of benzene rings is 2. The maximum atomic E-state index is 13.0. The Morgan fingerprint density at radius 1 is 1.02 bits per heavy atom. The fourth-order valence-corrected chi connectivity index (χ4v) is 6.72. The lowest BCUT2D eigenvalue weighted by Crippen LogP contribution is -2.39. The van der Waals surface area contributed by atoms with E-state index in [1.807, 2.05) is 42.0 Å². The van der Waals surface area contributed by atoms with E-state index in [0.29, 0.717) is 41.4 Å². The van der Waals surface area contributed by atoms with Gasteiger partial charge in [0, 0.05) is 30.2 Å². The summed E-state index contributed by atoms with van der Waals surface area (Å²) in [5, 5.41) is 3.97. The molecule has 0 aliphatic heterocycles. The third kappa shape index (κ3) is 8.76. The number of aromatic nitrogens is 2. The summed E-state index contributed by atoms with van der Waals surface area (Å²) in [5.74, 6) is 0.448. The monoisotopic (exact) mass is 618 g/mol. The number of unbranched alkanes of at least 4 members (excludes halogenated alkanes) is 1. The van der Waals surface area contributed by atoms with Crippen molar-refractivity contribution in [2.75, 3.05) is 24.5 Å². The quantitative estimate of drug-likeness (QED) is 0.122. The number of carbonyl (C=O) groups is 2. The van der Waals surface area contributed by atoms with Crippen LogP contribution in [0.15, 0.2) is 58.5 Å². The molecule has 0 fully saturated rings. The Balaban J connectivity index is 1.95. The predicted molar refractivity (Wildman–Crippen MR) is 166 cm³/mol. The highest BCUT2D eigenvalue weighted by molar-refractivity contribution is 8.15. The molecule has 12 heteroatoms. The lowest BCUT2D eigenvalue weighted by molar-refractivity contribution is 0.0509. The van der Waals surface area contributed by atoms with Crippen LogP contribution in [0.3, 0.4) is 0 Å². The van der Waals surface area contributed by atoms with Gasteiger partial charge in [-0.05, 0) is 43.2 Å². The number of nitrogens with zero attached hydrogens (tertiary/aromatic N) is 2. The smallest absolute Gasteiger partial charge is 0.357 e. The van der Waals surface area contributed by atoms with Crippen molar-refractivity contribution in [1.82, 2.24) is 19.6 Å². The molecule has 0 spiro atoms. The molecule has 222 valence electrons. The normalized spacial score (nSPS) is 11.3. The maximum Gasteiger partial charge on any atom is 0.357 e. The van der Waals surface area contributed by atoms with Gasteiger partial charge >= 0.3 is 12.0 Å². The van der Waals surface area contributed by atoms with Crippen LogP contribution in [0.1, 0.15) is 61.9 Å². The number of hydrogen-bond acceptors (Lipinski definition) is 8. The van der Waals surface area contributed by atoms with Gasteiger partial charge in [0.25, 0.3) is 10.0 Å². The van der Waals surface area contributed by atoms with Gasteiger partial charge in [-0.15, -0.1) is 0 Å². The molecule has 2 amide bonds. The van der Waals surface area contributed by atoms with Crippen molar-refractivity contribution in [2.24, 2.45) is 0 Å². The van der Waals surface area contributed by atoms with E-state index in [4.69, 9.17) is 9.72 Å². The highest BCUT2D eigenvalue weighted by atomic mass is 32.2. The average molecular weight is 619 g/mol. The number of hydrogen-bond donors (Lipinski definition) is 2. The lowest BCUT2D eigenvalue weighted by Gasteiger charge is -2.14. The number of urea groups is 1. The molecule has 0 bridgehead atoms. The van der Waals surface area contributed by atoms with E-state index in [1.54, 1.807) is 36.9 Å². The predicted octanol–water partition coefficient (Wildman–Crippen LogP) is 5.93. The molecule has 3 aromatic rings. The summed E-state index contributed by atoms with van der Waals surface area (Å²) >= 11 is 3.20. The minimum Gasteiger partial charge on any atom is -0.461 e. The van der Waals surface area contributed by atoms with Gasteiger partial charge < -0.3 is 14.6 Å². The molecule has 2 aromatic carbocycles. The largest absolute Gasteiger partial charge is 0.461 e. The Kier molecular flexibility index (Phi) is 12.6. The molecule has 1 heterocycles. The Morgan fingerprint density at radius 2 is 1.76 bits per heavy atom. The Hall–Kier alpha value is -2.96. The van der Waals surface area contributed by atoms with Crippen molar-refractivity contribution in [3.05, 3.63) is 65.6 Å². The van der Waals surface area contributed by atoms with E-state index < -0.39 is 22.0 Å². The molecule has 2 N–H and O–H groups in total. The lowest BCUT2D eigenvalue weighted by atomic mass is 10.0. The van der Waals surface area contributed by atoms with Gasteiger partial charge in [0.2, 0.25) is 0 Å². The van der Waals surface area contributed by atoms with Crippen LogP contribution in [0.2, 0.25) is 0 Å². The van der Waals surface area contributed by atoms with Gasteiger partial charge in [-0.25, -0.2) is 27.7 Å². The van der Waals surface area contributed by atoms with E-state index in [2.05, 4.69) is 17.0 Å². The molecule has 1 aromatic heterocycles. The molecule has 0 atom stereocenters. The van der Waals surface area contributed by atoms with E-state index in [1.165, 1.54) is 17.8 Å². The fraction of sp³-hybridized carbons (Fsp3) is 0.414. The van der Waals surface area contributed by atoms with E-state index in [9.17, 15) is 18.0 Å². The summed E-state index contributed by atoms with van der Waals surface area (Å²) in [5.41, 5.74) is 2.55. The zero-order chi connectivity index (χ0) is 29.8. The van der Waals surface area contributed by atoms with Crippen molar-refractivity contribution >= 4 is 45.5 Å². The van der Waals surface area contributed by atoms with Gasteiger partial charge in [-0.2, -0.15) is 11.8 Å². The minimum absolute atomic E-state index is 0.0101. The summed E-state index contributed by atoms with van der Waals surface area (Å²) in [7, 11) is -4.10. The summed E-state index contributed by atoms with van der Waals surface area (Å²) in [6.45, 7) is 6.85. The van der Waals surface area contributed by atoms with Crippen LogP contribution >= 0.6 is 23.5 Å². The van der Waals surface area contributed by atoms with Crippen LogP contribution in [-0.4, -0.2) is 54.5 Å². The van der Waals surface area contributed by atoms with Crippen LogP contribution in [-0.2, 0) is 27.7 Å². The zero-order valence-corrected chi connectivity index (χ0v) is 26.4. The molecule has 41 heavy (non-hydrogen) atoms. The summed E-state index contributed by atoms with van der Waals surface area (Å²) in [4.78, 5) is 30.0. The molecule has 0 saturated carbocycles. The number of nitrogens with one attached hydrogen (secondary N) is 2. The number of ether oxygens (including phenoxy) is 1. The minimum atomic E-state index is -4.10. The van der Waals surface area contributed by atoms with Crippen LogP contribution in [0.4, 0.5) is 4.79 Å². The molecular formula is C29H38N4O5S3. The molecule has 0 saturated heterocycles. The molecule has 9 nitrogen and oxygen atoms in total. The van der Waals surface area contributed by atoms with Crippen LogP contribution in [0, 0.1) is 0 Å². The molecule has 0 unspecified atom stereocenters. The van der Waals surface area contributed by atoms with Crippen molar-refractivity contribution < 1.29 is 22.7 Å². The standard InChI is InChI=1S/C29H38N4O5S3/c1-5-8-13-25-31-27(40-20-39-4)26(28(34)38-7-3)33(25)19-21-14-16-22(17-15-21)23-11-9-10-12-24(23)41(36,37)32-29(35)30-18-6-2/h9-12,14-17H,5-8,13,18-20H2,1-4H3,(H2,30,32,35). The highest BCUT2D eigenvalue weighted by Crippen LogP contribution is 2.30. The Bertz CT molecular complexity index is 1420. The number of imidazole rings is 1. The van der Waals surface area contributed by atoms with Crippen molar-refractivity contribution in [3.63, 3.8) is 0 Å². The number of esters is 1. The first-order valence-corrected chi connectivity index (χ1v) is 17.5. The number of aryl methyl sites for hydroxylation is 1. The van der Waals surface area contributed by atoms with E-state index >= 15 is 0 Å². The second-order valence-corrected chi connectivity index (χ2v) is 13.0. The first kappa shape index (κ1) is 32.6. The first-order chi connectivity index (χ1) is 19.7. The first-order valence-electron chi connectivity index (χ1n) is 13.6. The molecule has 0 aliphatic carbocycles. The van der Waals surface area contributed by atoms with E-state index in [-0.39, 0.29) is 11.5 Å². The third-order valence-electron chi connectivity index (χ3n) is 6.10. The highest BCUT2D eigenvalue weighted by Gasteiger charge is 2.25. The van der Waals surface area contributed by atoms with E-state index in [0.717, 1.165) is 35.7 Å². The second-order valence-electron chi connectivity index (χ2n) is 9.20. The van der Waals surface area contributed by atoms with Crippen LogP contribution in [0.5, 0.6) is 0 Å². The number of carbonyl (C=O) groups excluding carboxylic acids is 2. The maximum absolute atomic E-state index is 13.0. The second kappa shape index (κ2) is 15.9. The SMILES string of the molecule is CCCCc1nc(SCSC)c(C(=O)OCC)n1Cc1ccc(-c2ccccc2S(=O)(=O)NC(=O)NCCC)cc1. The van der Waals surface area contributed by atoms with Crippen molar-refractivity contribution in [3.8, 4) is 11.1 Å². The van der Waals surface area contributed by atoms with Gasteiger partial charge in [0.05, 0.1) is 11.5 Å². The third-order valence-corrected chi connectivity index (χ3v) is 9.46. The van der Waals surface area contributed by atoms with Gasteiger partial charge in [-0.3, -0.25) is 0 Å². The molecule has 0 aliphatic rings. The molecule has 0 radical (unpaired) electrons. The molecule has 3 rings (SSSR count). The Labute approximate surface area is 251 Å². The summed E-state index contributed by atoms with van der Waals surface area (Å²) in [6, 6.07) is 13.3. The fourth-order valence-electron chi connectivity index (χ4n) is 4.15. The number of sulfonamides is 1. The van der Waals surface area contributed by atoms with Crippen molar-refractivity contribution in [2.45, 2.75) is 62.9 Å². The summed E-state index contributed by atoms with van der Waals surface area (Å²) < 4.78 is 35.5. The molecular weight excluding hydrogens is 581 g/mol. The van der Waals surface area contributed by atoms with Crippen LogP contribution in [0.25, 0.3) is 11.1 Å². The van der Waals surface area contributed by atoms with Gasteiger partial charge in [-0.1, -0.05) is 74.5 Å². The van der Waals surface area contributed by atoms with Crippen LogP contribution < -0.4 is 10.0 Å². The van der Waals surface area contributed by atoms with Gasteiger partial charge in [0.15, 0.2) is 5.69 Å². The zero-order valence-electron chi connectivity index (χ0n) is 23.9.